The fourth-order valence-electron chi connectivity index (χ4n) is 1.45. The van der Waals surface area contributed by atoms with Crippen LogP contribution in [0.5, 0.6) is 5.75 Å². The van der Waals surface area contributed by atoms with Crippen molar-refractivity contribution in [3.63, 3.8) is 0 Å². The number of methoxy groups -OCH3 is 1. The fourth-order valence-corrected chi connectivity index (χ4v) is 1.59. The molecule has 0 unspecified atom stereocenters. The highest BCUT2D eigenvalue weighted by molar-refractivity contribution is 6.28. The summed E-state index contributed by atoms with van der Waals surface area (Å²) >= 11 is 5.64. The van der Waals surface area contributed by atoms with Crippen LogP contribution in [0, 0.1) is 0 Å². The maximum atomic E-state index is 5.79. The summed E-state index contributed by atoms with van der Waals surface area (Å²) in [5.41, 5.74) is 7.34. The van der Waals surface area contributed by atoms with E-state index in [1.165, 1.54) is 0 Å². The topological polar surface area (TPSA) is 61.0 Å². The van der Waals surface area contributed by atoms with Gasteiger partial charge in [-0.2, -0.15) is 0 Å². The zero-order valence-corrected chi connectivity index (χ0v) is 9.40. The van der Waals surface area contributed by atoms with Crippen molar-refractivity contribution in [3.8, 4) is 16.9 Å². The van der Waals surface area contributed by atoms with E-state index in [9.17, 15) is 0 Å². The first kappa shape index (κ1) is 10.7. The largest absolute Gasteiger partial charge is 0.496 e. The predicted molar refractivity (Wildman–Crippen MR) is 63.4 cm³/mol. The summed E-state index contributed by atoms with van der Waals surface area (Å²) in [5.74, 6) is 1.06. The first-order chi connectivity index (χ1) is 7.72. The van der Waals surface area contributed by atoms with Gasteiger partial charge in [-0.3, -0.25) is 0 Å². The van der Waals surface area contributed by atoms with Crippen LogP contribution >= 0.6 is 11.6 Å². The maximum absolute atomic E-state index is 5.79. The molecule has 16 heavy (non-hydrogen) atoms. The number of benzene rings is 1. The van der Waals surface area contributed by atoms with Crippen molar-refractivity contribution in [2.24, 2.45) is 0 Å². The summed E-state index contributed by atoms with van der Waals surface area (Å²) in [7, 11) is 1.60. The molecule has 0 aliphatic rings. The molecule has 0 fully saturated rings. The number of hydrogen-bond donors (Lipinski definition) is 1. The third-order valence-corrected chi connectivity index (χ3v) is 2.37. The lowest BCUT2D eigenvalue weighted by atomic mass is 10.1. The number of nitrogens with zero attached hydrogens (tertiary/aromatic N) is 2. The van der Waals surface area contributed by atoms with Crippen molar-refractivity contribution in [3.05, 3.63) is 35.7 Å². The minimum Gasteiger partial charge on any atom is -0.496 e. The first-order valence-electron chi connectivity index (χ1n) is 4.64. The first-order valence-corrected chi connectivity index (χ1v) is 5.01. The molecule has 2 N–H and O–H groups in total. The van der Waals surface area contributed by atoms with E-state index in [2.05, 4.69) is 9.97 Å². The van der Waals surface area contributed by atoms with Crippen LogP contribution in [-0.4, -0.2) is 17.1 Å². The SMILES string of the molecule is COc1ccccc1-c1cnc(Cl)nc1N. The van der Waals surface area contributed by atoms with E-state index in [-0.39, 0.29) is 5.28 Å². The van der Waals surface area contributed by atoms with Crippen molar-refractivity contribution < 1.29 is 4.74 Å². The van der Waals surface area contributed by atoms with Crippen molar-refractivity contribution in [1.29, 1.82) is 0 Å². The average molecular weight is 236 g/mol. The van der Waals surface area contributed by atoms with Crippen molar-refractivity contribution in [1.82, 2.24) is 9.97 Å². The molecule has 1 aromatic carbocycles. The molecule has 0 atom stereocenters. The molecule has 1 heterocycles. The normalized spacial score (nSPS) is 10.1. The summed E-state index contributed by atoms with van der Waals surface area (Å²) in [4.78, 5) is 7.81. The molecular formula is C11H10ClN3O. The zero-order valence-electron chi connectivity index (χ0n) is 8.64. The Bertz CT molecular complexity index is 516. The van der Waals surface area contributed by atoms with Gasteiger partial charge in [0.2, 0.25) is 5.28 Å². The molecule has 2 aromatic rings. The van der Waals surface area contributed by atoms with Gasteiger partial charge in [0.15, 0.2) is 0 Å². The number of nitrogen functional groups attached to an aromatic ring is 1. The number of para-hydroxylation sites is 1. The number of nitrogens with two attached hydrogens (primary N) is 1. The third kappa shape index (κ3) is 1.92. The van der Waals surface area contributed by atoms with E-state index in [1.54, 1.807) is 13.3 Å². The van der Waals surface area contributed by atoms with Crippen LogP contribution in [-0.2, 0) is 0 Å². The maximum Gasteiger partial charge on any atom is 0.224 e. The zero-order chi connectivity index (χ0) is 11.5. The van der Waals surface area contributed by atoms with Crippen LogP contribution < -0.4 is 10.5 Å². The molecule has 0 aliphatic heterocycles. The van der Waals surface area contributed by atoms with E-state index in [4.69, 9.17) is 22.1 Å². The van der Waals surface area contributed by atoms with Gasteiger partial charge in [0.05, 0.1) is 7.11 Å². The van der Waals surface area contributed by atoms with Gasteiger partial charge in [0.1, 0.15) is 11.6 Å². The van der Waals surface area contributed by atoms with Crippen molar-refractivity contribution >= 4 is 17.4 Å². The Morgan fingerprint density at radius 2 is 2.00 bits per heavy atom. The number of ether oxygens (including phenoxy) is 1. The fraction of sp³-hybridized carbons (Fsp3) is 0.0909. The molecule has 0 radical (unpaired) electrons. The Kier molecular flexibility index (Phi) is 2.92. The monoisotopic (exact) mass is 235 g/mol. The molecule has 0 spiro atoms. The summed E-state index contributed by atoms with van der Waals surface area (Å²) in [6.07, 6.45) is 1.59. The van der Waals surface area contributed by atoms with Crippen LogP contribution in [0.25, 0.3) is 11.1 Å². The van der Waals surface area contributed by atoms with E-state index in [0.29, 0.717) is 11.4 Å². The summed E-state index contributed by atoms with van der Waals surface area (Å²) in [6.45, 7) is 0. The summed E-state index contributed by atoms with van der Waals surface area (Å²) in [6, 6.07) is 7.52. The highest BCUT2D eigenvalue weighted by atomic mass is 35.5. The number of halogens is 1. The van der Waals surface area contributed by atoms with Gasteiger partial charge in [-0.1, -0.05) is 18.2 Å². The second kappa shape index (κ2) is 4.37. The van der Waals surface area contributed by atoms with E-state index in [0.717, 1.165) is 11.3 Å². The van der Waals surface area contributed by atoms with E-state index >= 15 is 0 Å². The van der Waals surface area contributed by atoms with Crippen molar-refractivity contribution in [2.45, 2.75) is 0 Å². The van der Waals surface area contributed by atoms with Gasteiger partial charge < -0.3 is 10.5 Å². The van der Waals surface area contributed by atoms with Gasteiger partial charge in [-0.15, -0.1) is 0 Å². The lowest BCUT2D eigenvalue weighted by Crippen LogP contribution is -1.97. The second-order valence-corrected chi connectivity index (χ2v) is 3.48. The Morgan fingerprint density at radius 1 is 1.25 bits per heavy atom. The molecule has 5 heteroatoms. The number of anilines is 1. The highest BCUT2D eigenvalue weighted by Crippen LogP contribution is 2.32. The Hall–Kier alpha value is -1.81. The van der Waals surface area contributed by atoms with Gasteiger partial charge in [-0.25, -0.2) is 9.97 Å². The smallest absolute Gasteiger partial charge is 0.224 e. The van der Waals surface area contributed by atoms with E-state index in [1.807, 2.05) is 24.3 Å². The second-order valence-electron chi connectivity index (χ2n) is 3.14. The van der Waals surface area contributed by atoms with Crippen LogP contribution in [0.15, 0.2) is 30.5 Å². The molecule has 0 saturated heterocycles. The molecule has 4 nitrogen and oxygen atoms in total. The van der Waals surface area contributed by atoms with Crippen LogP contribution in [0.1, 0.15) is 0 Å². The Labute approximate surface area is 98.0 Å². The molecule has 0 bridgehead atoms. The summed E-state index contributed by atoms with van der Waals surface area (Å²) in [5, 5.41) is 0.135. The minimum atomic E-state index is 0.135. The predicted octanol–water partition coefficient (Wildman–Crippen LogP) is 2.39. The number of aromatic nitrogens is 2. The Balaban J connectivity index is 2.58. The third-order valence-electron chi connectivity index (χ3n) is 2.19. The minimum absolute atomic E-state index is 0.135. The summed E-state index contributed by atoms with van der Waals surface area (Å²) < 4.78 is 5.24. The van der Waals surface area contributed by atoms with Gasteiger partial charge >= 0.3 is 0 Å². The van der Waals surface area contributed by atoms with Crippen LogP contribution in [0.2, 0.25) is 5.28 Å². The highest BCUT2D eigenvalue weighted by Gasteiger charge is 2.10. The lowest BCUT2D eigenvalue weighted by Gasteiger charge is -2.09. The number of hydrogen-bond acceptors (Lipinski definition) is 4. The molecule has 1 aromatic heterocycles. The van der Waals surface area contributed by atoms with Crippen molar-refractivity contribution in [2.75, 3.05) is 12.8 Å². The van der Waals surface area contributed by atoms with Gasteiger partial charge in [-0.05, 0) is 17.7 Å². The quantitative estimate of drug-likeness (QED) is 0.812. The number of rotatable bonds is 2. The van der Waals surface area contributed by atoms with Crippen LogP contribution in [0.4, 0.5) is 5.82 Å². The lowest BCUT2D eigenvalue weighted by molar-refractivity contribution is 0.416. The van der Waals surface area contributed by atoms with Crippen LogP contribution in [0.3, 0.4) is 0 Å². The average Bonchev–Trinajstić information content (AvgIpc) is 2.29. The molecule has 2 rings (SSSR count). The van der Waals surface area contributed by atoms with Gasteiger partial charge in [0, 0.05) is 17.3 Å². The molecule has 0 aliphatic carbocycles. The molecule has 0 saturated carbocycles. The molecule has 82 valence electrons. The Morgan fingerprint density at radius 3 is 2.69 bits per heavy atom. The van der Waals surface area contributed by atoms with E-state index < -0.39 is 0 Å². The van der Waals surface area contributed by atoms with Gasteiger partial charge in [0.25, 0.3) is 0 Å². The standard InChI is InChI=1S/C11H10ClN3O/c1-16-9-5-3-2-4-7(9)8-6-14-11(12)15-10(8)13/h2-6H,1H3,(H2,13,14,15). The molecule has 0 amide bonds. The molecular weight excluding hydrogens is 226 g/mol.